The molecule has 0 saturated heterocycles. The molecule has 0 atom stereocenters. The second kappa shape index (κ2) is 9.42. The number of hydrogen-bond donors (Lipinski definition) is 1. The van der Waals surface area contributed by atoms with E-state index in [1.54, 1.807) is 37.8 Å². The van der Waals surface area contributed by atoms with Crippen LogP contribution in [0.1, 0.15) is 38.4 Å². The van der Waals surface area contributed by atoms with E-state index in [0.717, 1.165) is 22.4 Å². The third-order valence-electron chi connectivity index (χ3n) is 5.19. The summed E-state index contributed by atoms with van der Waals surface area (Å²) in [7, 11) is 1.64. The van der Waals surface area contributed by atoms with E-state index < -0.39 is 4.92 Å². The Kier molecular flexibility index (Phi) is 6.69. The fourth-order valence-electron chi connectivity index (χ4n) is 3.56. The van der Waals surface area contributed by atoms with Gasteiger partial charge in [0.25, 0.3) is 5.91 Å². The van der Waals surface area contributed by atoms with Gasteiger partial charge in [0.15, 0.2) is 0 Å². The predicted molar refractivity (Wildman–Crippen MR) is 118 cm³/mol. The molecule has 0 unspecified atom stereocenters. The Morgan fingerprint density at radius 1 is 1.16 bits per heavy atom. The van der Waals surface area contributed by atoms with E-state index in [-0.39, 0.29) is 11.6 Å². The average molecular weight is 422 g/mol. The Morgan fingerprint density at radius 3 is 2.48 bits per heavy atom. The highest BCUT2D eigenvalue weighted by Crippen LogP contribution is 2.23. The van der Waals surface area contributed by atoms with Crippen LogP contribution in [0.15, 0.2) is 42.5 Å². The van der Waals surface area contributed by atoms with Crippen molar-refractivity contribution in [1.82, 2.24) is 15.1 Å². The van der Waals surface area contributed by atoms with Gasteiger partial charge in [-0.3, -0.25) is 19.6 Å². The molecule has 162 valence electrons. The lowest BCUT2D eigenvalue weighted by molar-refractivity contribution is -0.386. The number of carbonyl (C=O) groups excluding carboxylic acids is 1. The number of hydrogen-bond acceptors (Lipinski definition) is 5. The summed E-state index contributed by atoms with van der Waals surface area (Å²) in [6.45, 7) is 6.23. The van der Waals surface area contributed by atoms with Crippen molar-refractivity contribution < 1.29 is 14.5 Å². The smallest absolute Gasteiger partial charge is 0.312 e. The number of aryl methyl sites for hydroxylation is 2. The predicted octanol–water partition coefficient (Wildman–Crippen LogP) is 3.75. The van der Waals surface area contributed by atoms with Crippen LogP contribution in [0.5, 0.6) is 5.75 Å². The number of nitrogens with one attached hydrogen (secondary N) is 1. The molecular weight excluding hydrogens is 396 g/mol. The maximum absolute atomic E-state index is 12.5. The van der Waals surface area contributed by atoms with Crippen LogP contribution in [0.3, 0.4) is 0 Å². The van der Waals surface area contributed by atoms with Crippen LogP contribution in [-0.4, -0.2) is 34.3 Å². The molecule has 0 bridgehead atoms. The molecule has 8 heteroatoms. The van der Waals surface area contributed by atoms with Crippen LogP contribution >= 0.6 is 0 Å². The molecule has 0 radical (unpaired) electrons. The van der Waals surface area contributed by atoms with Crippen LogP contribution in [0.4, 0.5) is 5.69 Å². The van der Waals surface area contributed by atoms with E-state index in [9.17, 15) is 14.9 Å². The largest absolute Gasteiger partial charge is 0.496 e. The van der Waals surface area contributed by atoms with Crippen molar-refractivity contribution >= 4 is 11.6 Å². The van der Waals surface area contributed by atoms with Gasteiger partial charge in [-0.05, 0) is 56.5 Å². The summed E-state index contributed by atoms with van der Waals surface area (Å²) in [4.78, 5) is 23.2. The lowest BCUT2D eigenvalue weighted by atomic mass is 10.1. The van der Waals surface area contributed by atoms with Gasteiger partial charge in [-0.15, -0.1) is 0 Å². The van der Waals surface area contributed by atoms with Gasteiger partial charge in [-0.1, -0.05) is 29.8 Å². The third kappa shape index (κ3) is 5.09. The highest BCUT2D eigenvalue weighted by Gasteiger charge is 2.21. The Hall–Kier alpha value is -3.68. The molecule has 0 saturated carbocycles. The van der Waals surface area contributed by atoms with E-state index in [2.05, 4.69) is 16.5 Å². The molecule has 8 nitrogen and oxygen atoms in total. The summed E-state index contributed by atoms with van der Waals surface area (Å²) in [6.07, 6.45) is 0.672. The van der Waals surface area contributed by atoms with E-state index in [1.165, 1.54) is 0 Å². The van der Waals surface area contributed by atoms with Gasteiger partial charge in [0.1, 0.15) is 17.1 Å². The molecule has 0 aliphatic carbocycles. The summed E-state index contributed by atoms with van der Waals surface area (Å²) in [5.74, 6) is 0.661. The minimum absolute atomic E-state index is 0.0428. The summed E-state index contributed by atoms with van der Waals surface area (Å²) in [5.41, 5.74) is 4.60. The molecule has 3 rings (SSSR count). The number of nitrogens with zero attached hydrogens (tertiary/aromatic N) is 3. The maximum Gasteiger partial charge on any atom is 0.312 e. The first kappa shape index (κ1) is 22.0. The first-order valence-electron chi connectivity index (χ1n) is 9.99. The van der Waals surface area contributed by atoms with Gasteiger partial charge in [-0.25, -0.2) is 0 Å². The number of amides is 1. The normalized spacial score (nSPS) is 10.7. The molecule has 0 fully saturated rings. The Morgan fingerprint density at radius 2 is 1.87 bits per heavy atom. The van der Waals surface area contributed by atoms with Crippen molar-refractivity contribution in [2.24, 2.45) is 0 Å². The summed E-state index contributed by atoms with van der Waals surface area (Å²) in [5, 5.41) is 18.4. The molecule has 1 amide bonds. The zero-order valence-electron chi connectivity index (χ0n) is 18.1. The van der Waals surface area contributed by atoms with Gasteiger partial charge in [0.2, 0.25) is 0 Å². The van der Waals surface area contributed by atoms with Crippen LogP contribution in [0.2, 0.25) is 0 Å². The number of carbonyl (C=O) groups is 1. The second-order valence-electron chi connectivity index (χ2n) is 7.45. The number of ether oxygens (including phenoxy) is 1. The summed E-state index contributed by atoms with van der Waals surface area (Å²) in [6, 6.07) is 13.1. The molecule has 1 heterocycles. The van der Waals surface area contributed by atoms with Gasteiger partial charge in [-0.2, -0.15) is 5.10 Å². The van der Waals surface area contributed by atoms with Crippen molar-refractivity contribution in [3.8, 4) is 5.75 Å². The first-order chi connectivity index (χ1) is 14.8. The maximum atomic E-state index is 12.5. The zero-order valence-corrected chi connectivity index (χ0v) is 18.1. The van der Waals surface area contributed by atoms with E-state index in [0.29, 0.717) is 36.5 Å². The van der Waals surface area contributed by atoms with Crippen molar-refractivity contribution in [1.29, 1.82) is 0 Å². The third-order valence-corrected chi connectivity index (χ3v) is 5.19. The van der Waals surface area contributed by atoms with Crippen molar-refractivity contribution in [3.05, 3.63) is 86.2 Å². The van der Waals surface area contributed by atoms with Gasteiger partial charge in [0.05, 0.1) is 18.6 Å². The van der Waals surface area contributed by atoms with Crippen LogP contribution in [-0.2, 0) is 13.0 Å². The monoisotopic (exact) mass is 422 g/mol. The lowest BCUT2D eigenvalue weighted by Crippen LogP contribution is -2.25. The number of nitro groups is 1. The quantitative estimate of drug-likeness (QED) is 0.440. The molecule has 1 aromatic heterocycles. The topological polar surface area (TPSA) is 99.3 Å². The average Bonchev–Trinajstić information content (AvgIpc) is 3.01. The number of rotatable bonds is 8. The molecule has 0 spiro atoms. The standard InChI is InChI=1S/C23H26N4O4/c1-15-5-10-21(31-4)20(13-15)11-12-24-23(28)19-8-6-18(7-9-19)14-26-17(3)22(27(29)30)16(2)25-26/h5-10,13H,11-12,14H2,1-4H3,(H,24,28). The lowest BCUT2D eigenvalue weighted by Gasteiger charge is -2.11. The first-order valence-corrected chi connectivity index (χ1v) is 9.99. The van der Waals surface area contributed by atoms with Crippen molar-refractivity contribution in [2.45, 2.75) is 33.7 Å². The number of aromatic nitrogens is 2. The molecular formula is C23H26N4O4. The Bertz CT molecular complexity index is 1100. The molecule has 2 aromatic carbocycles. The Balaban J connectivity index is 1.60. The fourth-order valence-corrected chi connectivity index (χ4v) is 3.56. The van der Waals surface area contributed by atoms with Crippen LogP contribution in [0.25, 0.3) is 0 Å². The summed E-state index contributed by atoms with van der Waals surface area (Å²) >= 11 is 0. The zero-order chi connectivity index (χ0) is 22.5. The SMILES string of the molecule is COc1ccc(C)cc1CCNC(=O)c1ccc(Cn2nc(C)c([N+](=O)[O-])c2C)cc1. The second-order valence-corrected chi connectivity index (χ2v) is 7.45. The molecule has 31 heavy (non-hydrogen) atoms. The minimum Gasteiger partial charge on any atom is -0.496 e. The highest BCUT2D eigenvalue weighted by molar-refractivity contribution is 5.94. The fraction of sp³-hybridized carbons (Fsp3) is 0.304. The van der Waals surface area contributed by atoms with E-state index in [1.807, 2.05) is 31.2 Å². The number of methoxy groups -OCH3 is 1. The van der Waals surface area contributed by atoms with Crippen molar-refractivity contribution in [3.63, 3.8) is 0 Å². The van der Waals surface area contributed by atoms with E-state index in [4.69, 9.17) is 4.74 Å². The van der Waals surface area contributed by atoms with Crippen molar-refractivity contribution in [2.75, 3.05) is 13.7 Å². The van der Waals surface area contributed by atoms with Crippen LogP contribution in [0, 0.1) is 30.9 Å². The summed E-state index contributed by atoms with van der Waals surface area (Å²) < 4.78 is 6.99. The number of benzene rings is 2. The highest BCUT2D eigenvalue weighted by atomic mass is 16.6. The molecule has 0 aliphatic rings. The Labute approximate surface area is 181 Å². The van der Waals surface area contributed by atoms with Crippen LogP contribution < -0.4 is 10.1 Å². The molecule has 0 aliphatic heterocycles. The van der Waals surface area contributed by atoms with E-state index >= 15 is 0 Å². The van der Waals surface area contributed by atoms with Gasteiger partial charge < -0.3 is 10.1 Å². The molecule has 3 aromatic rings. The van der Waals surface area contributed by atoms with Gasteiger partial charge >= 0.3 is 5.69 Å². The minimum atomic E-state index is -0.409. The molecule has 1 N–H and O–H groups in total. The van der Waals surface area contributed by atoms with Gasteiger partial charge in [0, 0.05) is 12.1 Å².